The monoisotopic (exact) mass is 192 g/mol. The fraction of sp³-hybridized carbons (Fsp3) is 0.429. The molecule has 1 heterocycles. The van der Waals surface area contributed by atoms with E-state index >= 15 is 0 Å². The van der Waals surface area contributed by atoms with Gasteiger partial charge in [0.1, 0.15) is 5.69 Å². The maximum absolute atomic E-state index is 11.8. The number of carbonyl (C=O) groups excluding carboxylic acids is 1. The second-order valence-electron chi connectivity index (χ2n) is 2.49. The Kier molecular flexibility index (Phi) is 2.69. The van der Waals surface area contributed by atoms with E-state index < -0.39 is 12.6 Å². The van der Waals surface area contributed by atoms with E-state index in [4.69, 9.17) is 0 Å². The molecule has 0 N–H and O–H groups in total. The van der Waals surface area contributed by atoms with Crippen molar-refractivity contribution in [2.75, 3.05) is 0 Å². The Balaban J connectivity index is 2.59. The lowest BCUT2D eigenvalue weighted by molar-refractivity contribution is -0.136. The Morgan fingerprint density at radius 3 is 2.77 bits per heavy atom. The van der Waals surface area contributed by atoms with Crippen LogP contribution in [0.1, 0.15) is 16.9 Å². The van der Waals surface area contributed by atoms with Crippen molar-refractivity contribution in [3.8, 4) is 0 Å². The molecule has 0 saturated heterocycles. The molecule has 0 atom stereocenters. The lowest BCUT2D eigenvalue weighted by atomic mass is 10.4. The number of halogens is 3. The summed E-state index contributed by atoms with van der Waals surface area (Å²) in [6.45, 7) is -0.266. The SMILES string of the molecule is O=Cc1cncn1CCC(F)(F)F. The van der Waals surface area contributed by atoms with Crippen molar-refractivity contribution in [2.24, 2.45) is 0 Å². The van der Waals surface area contributed by atoms with Crippen LogP contribution in [0.2, 0.25) is 0 Å². The van der Waals surface area contributed by atoms with E-state index in [1.165, 1.54) is 17.1 Å². The minimum atomic E-state index is -4.20. The quantitative estimate of drug-likeness (QED) is 0.682. The van der Waals surface area contributed by atoms with Crippen LogP contribution in [0.4, 0.5) is 13.2 Å². The molecule has 1 rings (SSSR count). The molecule has 1 aromatic heterocycles. The van der Waals surface area contributed by atoms with Crippen LogP contribution in [0.15, 0.2) is 12.5 Å². The van der Waals surface area contributed by atoms with Gasteiger partial charge in [-0.05, 0) is 0 Å². The second kappa shape index (κ2) is 3.59. The number of aryl methyl sites for hydroxylation is 1. The number of hydrogen-bond acceptors (Lipinski definition) is 2. The highest BCUT2D eigenvalue weighted by atomic mass is 19.4. The summed E-state index contributed by atoms with van der Waals surface area (Å²) in [5.74, 6) is 0. The van der Waals surface area contributed by atoms with Gasteiger partial charge >= 0.3 is 6.18 Å². The molecule has 13 heavy (non-hydrogen) atoms. The van der Waals surface area contributed by atoms with Crippen LogP contribution >= 0.6 is 0 Å². The largest absolute Gasteiger partial charge is 0.390 e. The van der Waals surface area contributed by atoms with Gasteiger partial charge in [0.2, 0.25) is 0 Å². The molecule has 72 valence electrons. The summed E-state index contributed by atoms with van der Waals surface area (Å²) < 4.78 is 36.5. The van der Waals surface area contributed by atoms with Crippen LogP contribution in [-0.4, -0.2) is 22.0 Å². The number of aldehydes is 1. The summed E-state index contributed by atoms with van der Waals surface area (Å²) in [5, 5.41) is 0. The minimum Gasteiger partial charge on any atom is -0.328 e. The van der Waals surface area contributed by atoms with E-state index in [-0.39, 0.29) is 12.2 Å². The van der Waals surface area contributed by atoms with E-state index in [2.05, 4.69) is 4.98 Å². The first-order valence-corrected chi connectivity index (χ1v) is 3.55. The van der Waals surface area contributed by atoms with Crippen LogP contribution < -0.4 is 0 Å². The number of carbonyl (C=O) groups is 1. The summed E-state index contributed by atoms with van der Waals surface area (Å²) in [6, 6.07) is 0. The Bertz CT molecular complexity index is 292. The smallest absolute Gasteiger partial charge is 0.328 e. The maximum atomic E-state index is 11.8. The molecule has 0 spiro atoms. The second-order valence-corrected chi connectivity index (χ2v) is 2.49. The first-order chi connectivity index (χ1) is 6.03. The number of nitrogens with zero attached hydrogens (tertiary/aromatic N) is 2. The van der Waals surface area contributed by atoms with Crippen molar-refractivity contribution >= 4 is 6.29 Å². The van der Waals surface area contributed by atoms with Gasteiger partial charge in [-0.1, -0.05) is 0 Å². The molecule has 0 radical (unpaired) electrons. The number of rotatable bonds is 3. The molecule has 3 nitrogen and oxygen atoms in total. The first-order valence-electron chi connectivity index (χ1n) is 3.55. The Morgan fingerprint density at radius 1 is 1.54 bits per heavy atom. The normalized spacial score (nSPS) is 11.6. The topological polar surface area (TPSA) is 34.9 Å². The predicted molar refractivity (Wildman–Crippen MR) is 38.3 cm³/mol. The van der Waals surface area contributed by atoms with Gasteiger partial charge in [0.25, 0.3) is 0 Å². The zero-order valence-corrected chi connectivity index (χ0v) is 6.58. The molecule has 0 aliphatic carbocycles. The maximum Gasteiger partial charge on any atom is 0.390 e. The van der Waals surface area contributed by atoms with Gasteiger partial charge in [-0.15, -0.1) is 0 Å². The molecule has 6 heteroatoms. The number of alkyl halides is 3. The zero-order chi connectivity index (χ0) is 9.90. The van der Waals surface area contributed by atoms with Crippen molar-refractivity contribution < 1.29 is 18.0 Å². The zero-order valence-electron chi connectivity index (χ0n) is 6.58. The first kappa shape index (κ1) is 9.76. The minimum absolute atomic E-state index is 0.157. The molecule has 0 fully saturated rings. The van der Waals surface area contributed by atoms with Gasteiger partial charge < -0.3 is 4.57 Å². The number of imidazole rings is 1. The van der Waals surface area contributed by atoms with Gasteiger partial charge in [0, 0.05) is 6.54 Å². The van der Waals surface area contributed by atoms with E-state index in [0.29, 0.717) is 6.29 Å². The summed E-state index contributed by atoms with van der Waals surface area (Å²) in [6.07, 6.45) is -2.25. The molecule has 0 aromatic carbocycles. The van der Waals surface area contributed by atoms with Gasteiger partial charge in [0.05, 0.1) is 18.9 Å². The third-order valence-electron chi connectivity index (χ3n) is 1.50. The fourth-order valence-corrected chi connectivity index (χ4v) is 0.863. The lowest BCUT2D eigenvalue weighted by Crippen LogP contribution is -2.13. The van der Waals surface area contributed by atoms with Crippen molar-refractivity contribution in [3.05, 3.63) is 18.2 Å². The Hall–Kier alpha value is -1.33. The van der Waals surface area contributed by atoms with Crippen molar-refractivity contribution in [1.29, 1.82) is 0 Å². The molecule has 1 aromatic rings. The van der Waals surface area contributed by atoms with Gasteiger partial charge in [-0.25, -0.2) is 4.98 Å². The third kappa shape index (κ3) is 2.89. The van der Waals surface area contributed by atoms with Gasteiger partial charge in [-0.3, -0.25) is 4.79 Å². The van der Waals surface area contributed by atoms with Crippen LogP contribution in [0.3, 0.4) is 0 Å². The highest BCUT2D eigenvalue weighted by Crippen LogP contribution is 2.20. The van der Waals surface area contributed by atoms with E-state index in [0.717, 1.165) is 0 Å². The molecular weight excluding hydrogens is 185 g/mol. The highest BCUT2D eigenvalue weighted by molar-refractivity contribution is 5.71. The summed E-state index contributed by atoms with van der Waals surface area (Å²) in [4.78, 5) is 13.8. The van der Waals surface area contributed by atoms with Crippen LogP contribution in [0.5, 0.6) is 0 Å². The number of aromatic nitrogens is 2. The average molecular weight is 192 g/mol. The average Bonchev–Trinajstić information content (AvgIpc) is 2.46. The Labute approximate surface area is 72.2 Å². The van der Waals surface area contributed by atoms with Crippen molar-refractivity contribution in [3.63, 3.8) is 0 Å². The predicted octanol–water partition coefficient (Wildman–Crippen LogP) is 1.65. The van der Waals surface area contributed by atoms with Crippen LogP contribution in [0.25, 0.3) is 0 Å². The van der Waals surface area contributed by atoms with Gasteiger partial charge in [0.15, 0.2) is 6.29 Å². The highest BCUT2D eigenvalue weighted by Gasteiger charge is 2.26. The fourth-order valence-electron chi connectivity index (χ4n) is 0.863. The standard InChI is InChI=1S/C7H7F3N2O/c8-7(9,10)1-2-12-5-11-3-6(12)4-13/h3-5H,1-2H2. The van der Waals surface area contributed by atoms with E-state index in [1.54, 1.807) is 0 Å². The summed E-state index contributed by atoms with van der Waals surface area (Å²) >= 11 is 0. The molecular formula is C7H7F3N2O. The number of hydrogen-bond donors (Lipinski definition) is 0. The third-order valence-corrected chi connectivity index (χ3v) is 1.50. The van der Waals surface area contributed by atoms with Gasteiger partial charge in [-0.2, -0.15) is 13.2 Å². The molecule has 0 bridgehead atoms. The van der Waals surface area contributed by atoms with Crippen molar-refractivity contribution in [2.45, 2.75) is 19.1 Å². The van der Waals surface area contributed by atoms with Crippen LogP contribution in [-0.2, 0) is 6.54 Å². The summed E-state index contributed by atoms with van der Waals surface area (Å²) in [7, 11) is 0. The molecule has 0 amide bonds. The van der Waals surface area contributed by atoms with Crippen molar-refractivity contribution in [1.82, 2.24) is 9.55 Å². The van der Waals surface area contributed by atoms with E-state index in [1.807, 2.05) is 0 Å². The van der Waals surface area contributed by atoms with E-state index in [9.17, 15) is 18.0 Å². The van der Waals surface area contributed by atoms with Crippen LogP contribution in [0, 0.1) is 0 Å². The Morgan fingerprint density at radius 2 is 2.23 bits per heavy atom. The molecule has 0 aliphatic rings. The molecule has 0 unspecified atom stereocenters. The lowest BCUT2D eigenvalue weighted by Gasteiger charge is -2.07. The summed E-state index contributed by atoms with van der Waals surface area (Å²) in [5.41, 5.74) is 0.157. The molecule has 0 saturated carbocycles. The molecule has 0 aliphatic heterocycles.